The van der Waals surface area contributed by atoms with Crippen molar-refractivity contribution in [2.75, 3.05) is 12.4 Å². The predicted octanol–water partition coefficient (Wildman–Crippen LogP) is 1.33. The molecule has 0 radical (unpaired) electrons. The topological polar surface area (TPSA) is 73.1 Å². The molecule has 0 aliphatic rings. The fraction of sp³-hybridized carbons (Fsp3) is 0.636. The van der Waals surface area contributed by atoms with Gasteiger partial charge in [-0.1, -0.05) is 0 Å². The first kappa shape index (κ1) is 12.7. The van der Waals surface area contributed by atoms with E-state index < -0.39 is 0 Å². The van der Waals surface area contributed by atoms with Gasteiger partial charge in [-0.2, -0.15) is 4.98 Å². The van der Waals surface area contributed by atoms with Crippen molar-refractivity contribution in [1.29, 1.82) is 0 Å². The molecule has 0 aromatic carbocycles. The van der Waals surface area contributed by atoms with Crippen LogP contribution in [0.25, 0.3) is 0 Å². The van der Waals surface area contributed by atoms with Gasteiger partial charge in [-0.3, -0.25) is 0 Å². The minimum atomic E-state index is -0.265. The Morgan fingerprint density at radius 1 is 1.44 bits per heavy atom. The fourth-order valence-electron chi connectivity index (χ4n) is 1.10. The van der Waals surface area contributed by atoms with E-state index >= 15 is 0 Å². The minimum Gasteiger partial charge on any atom is -0.481 e. The molecule has 0 saturated carbocycles. The Morgan fingerprint density at radius 2 is 2.06 bits per heavy atom. The summed E-state index contributed by atoms with van der Waals surface area (Å²) in [4.78, 5) is 8.51. The van der Waals surface area contributed by atoms with E-state index in [-0.39, 0.29) is 11.6 Å². The van der Waals surface area contributed by atoms with E-state index in [0.717, 1.165) is 5.69 Å². The Morgan fingerprint density at radius 3 is 2.56 bits per heavy atom. The molecule has 0 bridgehead atoms. The second-order valence-corrected chi connectivity index (χ2v) is 4.51. The minimum absolute atomic E-state index is 0.0115. The molecular weight excluding hydrogens is 204 g/mol. The zero-order valence-corrected chi connectivity index (χ0v) is 10.5. The number of hydrogen-bond acceptors (Lipinski definition) is 5. The summed E-state index contributed by atoms with van der Waals surface area (Å²) in [6.45, 7) is 7.86. The Bertz CT molecular complexity index is 363. The van der Waals surface area contributed by atoms with E-state index in [2.05, 4.69) is 15.3 Å². The van der Waals surface area contributed by atoms with Crippen LogP contribution in [0.5, 0.6) is 5.88 Å². The molecule has 1 unspecified atom stereocenters. The third-order valence-electron chi connectivity index (χ3n) is 2.61. The highest BCUT2D eigenvalue weighted by Gasteiger charge is 2.23. The highest BCUT2D eigenvalue weighted by molar-refractivity contribution is 5.34. The van der Waals surface area contributed by atoms with Crippen molar-refractivity contribution in [3.63, 3.8) is 0 Å². The Balaban J connectivity index is 2.93. The first-order chi connectivity index (χ1) is 7.35. The van der Waals surface area contributed by atoms with E-state index in [1.807, 2.05) is 27.7 Å². The number of anilines is 1. The molecule has 16 heavy (non-hydrogen) atoms. The Kier molecular flexibility index (Phi) is 3.70. The first-order valence-corrected chi connectivity index (χ1v) is 5.28. The summed E-state index contributed by atoms with van der Waals surface area (Å²) < 4.78 is 5.09. The Labute approximate surface area is 96.4 Å². The molecule has 5 heteroatoms. The van der Waals surface area contributed by atoms with Crippen LogP contribution in [0.2, 0.25) is 0 Å². The lowest BCUT2D eigenvalue weighted by molar-refractivity contribution is 0.395. The van der Waals surface area contributed by atoms with Gasteiger partial charge in [-0.05, 0) is 27.7 Å². The van der Waals surface area contributed by atoms with Gasteiger partial charge < -0.3 is 15.8 Å². The Hall–Kier alpha value is -1.36. The summed E-state index contributed by atoms with van der Waals surface area (Å²) in [5.74, 6) is 1.09. The van der Waals surface area contributed by atoms with Crippen LogP contribution in [0.15, 0.2) is 6.07 Å². The van der Waals surface area contributed by atoms with Crippen LogP contribution in [-0.2, 0) is 0 Å². The van der Waals surface area contributed by atoms with Crippen LogP contribution in [-0.4, -0.2) is 28.7 Å². The maximum atomic E-state index is 5.88. The van der Waals surface area contributed by atoms with Crippen LogP contribution >= 0.6 is 0 Å². The number of methoxy groups -OCH3 is 1. The lowest BCUT2D eigenvalue weighted by atomic mass is 9.97. The monoisotopic (exact) mass is 224 g/mol. The van der Waals surface area contributed by atoms with Crippen molar-refractivity contribution in [3.8, 4) is 5.88 Å². The molecule has 1 aromatic heterocycles. The highest BCUT2D eigenvalue weighted by Crippen LogP contribution is 2.17. The van der Waals surface area contributed by atoms with E-state index in [1.165, 1.54) is 0 Å². The molecule has 0 saturated heterocycles. The van der Waals surface area contributed by atoms with Gasteiger partial charge >= 0.3 is 0 Å². The van der Waals surface area contributed by atoms with Crippen LogP contribution in [0, 0.1) is 6.92 Å². The van der Waals surface area contributed by atoms with Crippen LogP contribution in [0.1, 0.15) is 26.5 Å². The number of hydrogen-bond donors (Lipinski definition) is 2. The SMILES string of the molecule is COc1cc(C)nc(NC(C)(C)C(C)N)n1. The normalized spacial score (nSPS) is 13.4. The van der Waals surface area contributed by atoms with Crippen LogP contribution in [0.3, 0.4) is 0 Å². The summed E-state index contributed by atoms with van der Waals surface area (Å²) >= 11 is 0. The molecular formula is C11H20N4O. The molecule has 0 aliphatic carbocycles. The molecule has 0 aliphatic heterocycles. The first-order valence-electron chi connectivity index (χ1n) is 5.28. The van der Waals surface area contributed by atoms with Crippen molar-refractivity contribution < 1.29 is 4.74 Å². The van der Waals surface area contributed by atoms with Gasteiger partial charge in [0.25, 0.3) is 0 Å². The molecule has 1 heterocycles. The van der Waals surface area contributed by atoms with Crippen molar-refractivity contribution in [2.45, 2.75) is 39.3 Å². The number of aryl methyl sites for hydroxylation is 1. The van der Waals surface area contributed by atoms with Crippen molar-refractivity contribution in [3.05, 3.63) is 11.8 Å². The van der Waals surface area contributed by atoms with E-state index in [1.54, 1.807) is 13.2 Å². The van der Waals surface area contributed by atoms with Gasteiger partial charge in [0.15, 0.2) is 0 Å². The molecule has 1 atom stereocenters. The molecule has 1 rings (SSSR count). The van der Waals surface area contributed by atoms with Gasteiger partial charge in [0, 0.05) is 23.3 Å². The van der Waals surface area contributed by atoms with Gasteiger partial charge in [0.1, 0.15) is 0 Å². The van der Waals surface area contributed by atoms with Crippen molar-refractivity contribution >= 4 is 5.95 Å². The second-order valence-electron chi connectivity index (χ2n) is 4.51. The molecule has 90 valence electrons. The molecule has 5 nitrogen and oxygen atoms in total. The summed E-state index contributed by atoms with van der Waals surface area (Å²) in [7, 11) is 1.59. The maximum absolute atomic E-state index is 5.88. The quantitative estimate of drug-likeness (QED) is 0.807. The van der Waals surface area contributed by atoms with E-state index in [4.69, 9.17) is 10.5 Å². The lowest BCUT2D eigenvalue weighted by Gasteiger charge is -2.30. The average Bonchev–Trinajstić information content (AvgIpc) is 2.15. The number of rotatable bonds is 4. The third-order valence-corrected chi connectivity index (χ3v) is 2.61. The molecule has 0 amide bonds. The second kappa shape index (κ2) is 4.65. The summed E-state index contributed by atoms with van der Waals surface area (Å²) in [5, 5.41) is 3.21. The maximum Gasteiger partial charge on any atom is 0.226 e. The van der Waals surface area contributed by atoms with Gasteiger partial charge in [0.05, 0.1) is 7.11 Å². The van der Waals surface area contributed by atoms with Crippen molar-refractivity contribution in [2.24, 2.45) is 5.73 Å². The van der Waals surface area contributed by atoms with E-state index in [9.17, 15) is 0 Å². The lowest BCUT2D eigenvalue weighted by Crippen LogP contribution is -2.47. The molecule has 3 N–H and O–H groups in total. The number of nitrogens with one attached hydrogen (secondary N) is 1. The summed E-state index contributed by atoms with van der Waals surface area (Å²) in [5.41, 5.74) is 6.47. The number of nitrogens with two attached hydrogens (primary N) is 1. The van der Waals surface area contributed by atoms with Gasteiger partial charge in [-0.25, -0.2) is 4.98 Å². The standard InChI is InChI=1S/C11H20N4O/c1-7-6-9(16-5)14-10(13-7)15-11(3,4)8(2)12/h6,8H,12H2,1-5H3,(H,13,14,15). The summed E-state index contributed by atoms with van der Waals surface area (Å²) in [6.07, 6.45) is 0. The van der Waals surface area contributed by atoms with Crippen molar-refractivity contribution in [1.82, 2.24) is 9.97 Å². The predicted molar refractivity (Wildman–Crippen MR) is 64.7 cm³/mol. The smallest absolute Gasteiger partial charge is 0.226 e. The number of ether oxygens (including phenoxy) is 1. The number of nitrogens with zero attached hydrogens (tertiary/aromatic N) is 2. The molecule has 0 spiro atoms. The van der Waals surface area contributed by atoms with Gasteiger partial charge in [-0.15, -0.1) is 0 Å². The molecule has 0 fully saturated rings. The summed E-state index contributed by atoms with van der Waals surface area (Å²) in [6, 6.07) is 1.77. The van der Waals surface area contributed by atoms with Crippen LogP contribution in [0.4, 0.5) is 5.95 Å². The van der Waals surface area contributed by atoms with Gasteiger partial charge in [0.2, 0.25) is 11.8 Å². The van der Waals surface area contributed by atoms with E-state index in [0.29, 0.717) is 11.8 Å². The molecule has 1 aromatic rings. The zero-order valence-electron chi connectivity index (χ0n) is 10.5. The highest BCUT2D eigenvalue weighted by atomic mass is 16.5. The number of aromatic nitrogens is 2. The average molecular weight is 224 g/mol. The third kappa shape index (κ3) is 3.06. The zero-order chi connectivity index (χ0) is 12.3. The fourth-order valence-corrected chi connectivity index (χ4v) is 1.10. The van der Waals surface area contributed by atoms with Crippen LogP contribution < -0.4 is 15.8 Å². The largest absolute Gasteiger partial charge is 0.481 e.